The number of amides is 3. The lowest BCUT2D eigenvalue weighted by Gasteiger charge is -2.45. The molecule has 2 aromatic rings. The van der Waals surface area contributed by atoms with Crippen molar-refractivity contribution in [2.24, 2.45) is 11.8 Å². The number of rotatable bonds is 7. The van der Waals surface area contributed by atoms with E-state index in [0.717, 1.165) is 16.0 Å². The third kappa shape index (κ3) is 5.31. The Kier molecular flexibility index (Phi) is 7.63. The number of benzene rings is 2. The fourth-order valence-corrected chi connectivity index (χ4v) is 6.01. The number of nitrogens with zero attached hydrogens (tertiary/aromatic N) is 1. The van der Waals surface area contributed by atoms with Gasteiger partial charge in [-0.25, -0.2) is 14.5 Å². The molecule has 2 unspecified atom stereocenters. The van der Waals surface area contributed by atoms with E-state index < -0.39 is 24.0 Å². The van der Waals surface area contributed by atoms with Crippen LogP contribution in [0.2, 0.25) is 0 Å². The number of carbonyl (C=O) groups excluding carboxylic acids is 3. The van der Waals surface area contributed by atoms with Crippen LogP contribution >= 0.6 is 23.4 Å². The zero-order valence-electron chi connectivity index (χ0n) is 19.0. The quantitative estimate of drug-likeness (QED) is 0.417. The number of hydrogen-bond donors (Lipinski definition) is 1. The molecule has 6 nitrogen and oxygen atoms in total. The molecule has 0 aliphatic carbocycles. The Balaban J connectivity index is 1.47. The molecule has 2 aliphatic heterocycles. The second-order valence-corrected chi connectivity index (χ2v) is 10.6. The highest BCUT2D eigenvalue weighted by molar-refractivity contribution is 8.05. The number of carbonyl (C=O) groups is 3. The molecule has 178 valence electrons. The average Bonchev–Trinajstić information content (AvgIpc) is 3.16. The zero-order chi connectivity index (χ0) is 24.2. The minimum absolute atomic E-state index is 0.0688. The lowest BCUT2D eigenvalue weighted by Crippen LogP contribution is -2.68. The lowest BCUT2D eigenvalue weighted by molar-refractivity contribution is -0.170. The zero-order valence-corrected chi connectivity index (χ0v) is 20.6. The molecule has 1 fully saturated rings. The number of esters is 1. The SMILES string of the molecule is CC1C=C(Cl)SC1C[C@H]1C(=O)N(C(=O)N[C@H](C)c2ccccc2)[C@@H]1C(=O)OCc1ccccc1. The van der Waals surface area contributed by atoms with Gasteiger partial charge in [-0.2, -0.15) is 0 Å². The topological polar surface area (TPSA) is 75.7 Å². The number of β-lactam (4-membered cyclic amide) rings is 1. The number of urea groups is 1. The fourth-order valence-electron chi connectivity index (χ4n) is 4.29. The summed E-state index contributed by atoms with van der Waals surface area (Å²) in [6, 6.07) is 16.9. The molecule has 2 aromatic carbocycles. The second-order valence-electron chi connectivity index (χ2n) is 8.66. The van der Waals surface area contributed by atoms with E-state index in [9.17, 15) is 14.4 Å². The van der Waals surface area contributed by atoms with E-state index in [1.165, 1.54) is 11.8 Å². The van der Waals surface area contributed by atoms with Crippen molar-refractivity contribution in [3.05, 3.63) is 82.2 Å². The summed E-state index contributed by atoms with van der Waals surface area (Å²) in [6.45, 7) is 3.95. The maximum Gasteiger partial charge on any atom is 0.330 e. The highest BCUT2D eigenvalue weighted by Crippen LogP contribution is 2.44. The van der Waals surface area contributed by atoms with Crippen LogP contribution in [0.4, 0.5) is 4.79 Å². The van der Waals surface area contributed by atoms with Crippen molar-refractivity contribution in [2.75, 3.05) is 0 Å². The maximum atomic E-state index is 13.1. The molecular weight excluding hydrogens is 472 g/mol. The Morgan fingerprint density at radius 3 is 2.38 bits per heavy atom. The summed E-state index contributed by atoms with van der Waals surface area (Å²) in [7, 11) is 0. The van der Waals surface area contributed by atoms with Gasteiger partial charge in [0.15, 0.2) is 6.04 Å². The number of hydrogen-bond acceptors (Lipinski definition) is 5. The molecular formula is C26H27ClN2O4S. The highest BCUT2D eigenvalue weighted by atomic mass is 35.5. The van der Waals surface area contributed by atoms with Crippen LogP contribution in [0.1, 0.15) is 37.4 Å². The summed E-state index contributed by atoms with van der Waals surface area (Å²) < 4.78 is 6.23. The summed E-state index contributed by atoms with van der Waals surface area (Å²) in [5.74, 6) is -1.40. The van der Waals surface area contributed by atoms with Gasteiger partial charge < -0.3 is 10.1 Å². The monoisotopic (exact) mass is 498 g/mol. The first-order chi connectivity index (χ1) is 16.3. The van der Waals surface area contributed by atoms with E-state index in [0.29, 0.717) is 10.8 Å². The highest BCUT2D eigenvalue weighted by Gasteiger charge is 2.56. The third-order valence-corrected chi connectivity index (χ3v) is 7.95. The van der Waals surface area contributed by atoms with Crippen LogP contribution in [-0.2, 0) is 20.9 Å². The summed E-state index contributed by atoms with van der Waals surface area (Å²) in [4.78, 5) is 40.3. The standard InChI is InChI=1S/C26H27ClN2O4S/c1-16-13-22(27)34-21(16)14-20-23(25(31)33-15-18-9-5-3-6-10-18)29(24(20)30)26(32)28-17(2)19-11-7-4-8-12-19/h3-13,16-17,20-21,23H,14-15H2,1-2H3,(H,28,32)/t16?,17-,20-,21?,23+/m1/s1. The van der Waals surface area contributed by atoms with E-state index in [1.54, 1.807) is 0 Å². The number of ether oxygens (including phenoxy) is 1. The van der Waals surface area contributed by atoms with Gasteiger partial charge in [-0.3, -0.25) is 4.79 Å². The van der Waals surface area contributed by atoms with E-state index in [1.807, 2.05) is 80.6 Å². The van der Waals surface area contributed by atoms with Crippen molar-refractivity contribution in [3.63, 3.8) is 0 Å². The number of likely N-dealkylation sites (tertiary alicyclic amines) is 1. The van der Waals surface area contributed by atoms with Gasteiger partial charge in [0.2, 0.25) is 5.91 Å². The summed E-state index contributed by atoms with van der Waals surface area (Å²) in [5, 5.41) is 2.91. The second kappa shape index (κ2) is 10.7. The van der Waals surface area contributed by atoms with Gasteiger partial charge in [0, 0.05) is 5.25 Å². The molecule has 2 heterocycles. The number of imide groups is 1. The minimum atomic E-state index is -0.966. The van der Waals surface area contributed by atoms with E-state index in [-0.39, 0.29) is 29.7 Å². The largest absolute Gasteiger partial charge is 0.459 e. The van der Waals surface area contributed by atoms with Gasteiger partial charge in [0.05, 0.1) is 16.3 Å². The van der Waals surface area contributed by atoms with E-state index in [2.05, 4.69) is 5.32 Å². The number of halogens is 1. The predicted molar refractivity (Wildman–Crippen MR) is 133 cm³/mol. The summed E-state index contributed by atoms with van der Waals surface area (Å²) in [5.41, 5.74) is 1.74. The molecule has 5 atom stereocenters. The molecule has 1 saturated heterocycles. The van der Waals surface area contributed by atoms with Gasteiger partial charge in [-0.15, -0.1) is 11.8 Å². The Morgan fingerprint density at radius 1 is 1.12 bits per heavy atom. The molecule has 0 bridgehead atoms. The normalized spacial score (nSPS) is 24.7. The molecule has 34 heavy (non-hydrogen) atoms. The van der Waals surface area contributed by atoms with Crippen LogP contribution in [0, 0.1) is 11.8 Å². The molecule has 4 rings (SSSR count). The van der Waals surface area contributed by atoms with Crippen molar-refractivity contribution in [1.82, 2.24) is 10.2 Å². The van der Waals surface area contributed by atoms with Gasteiger partial charge in [0.1, 0.15) is 6.61 Å². The molecule has 0 radical (unpaired) electrons. The molecule has 1 N–H and O–H groups in total. The van der Waals surface area contributed by atoms with E-state index in [4.69, 9.17) is 16.3 Å². The first kappa shape index (κ1) is 24.4. The van der Waals surface area contributed by atoms with Gasteiger partial charge in [0.25, 0.3) is 0 Å². The molecule has 8 heteroatoms. The van der Waals surface area contributed by atoms with Crippen LogP contribution in [0.5, 0.6) is 0 Å². The van der Waals surface area contributed by atoms with Crippen molar-refractivity contribution in [3.8, 4) is 0 Å². The summed E-state index contributed by atoms with van der Waals surface area (Å²) >= 11 is 7.66. The molecule has 0 saturated carbocycles. The molecule has 2 aliphatic rings. The van der Waals surface area contributed by atoms with Crippen LogP contribution in [0.25, 0.3) is 0 Å². The molecule has 0 spiro atoms. The molecule has 3 amide bonds. The van der Waals surface area contributed by atoms with Crippen molar-refractivity contribution in [2.45, 2.75) is 44.2 Å². The van der Waals surface area contributed by atoms with Crippen LogP contribution in [-0.4, -0.2) is 34.1 Å². The summed E-state index contributed by atoms with van der Waals surface area (Å²) in [6.07, 6.45) is 2.40. The Morgan fingerprint density at radius 2 is 1.76 bits per heavy atom. The minimum Gasteiger partial charge on any atom is -0.459 e. The number of nitrogens with one attached hydrogen (secondary N) is 1. The average molecular weight is 499 g/mol. The van der Waals surface area contributed by atoms with Crippen LogP contribution in [0.15, 0.2) is 71.1 Å². The van der Waals surface area contributed by atoms with Crippen LogP contribution in [0.3, 0.4) is 0 Å². The van der Waals surface area contributed by atoms with Gasteiger partial charge >= 0.3 is 12.0 Å². The van der Waals surface area contributed by atoms with Crippen LogP contribution < -0.4 is 5.32 Å². The fraction of sp³-hybridized carbons (Fsp3) is 0.346. The Bertz CT molecular complexity index is 1080. The predicted octanol–water partition coefficient (Wildman–Crippen LogP) is 5.25. The van der Waals surface area contributed by atoms with Crippen molar-refractivity contribution < 1.29 is 19.1 Å². The van der Waals surface area contributed by atoms with Gasteiger partial charge in [-0.05, 0) is 30.4 Å². The third-order valence-electron chi connectivity index (χ3n) is 6.27. The maximum absolute atomic E-state index is 13.1. The number of thioether (sulfide) groups is 1. The van der Waals surface area contributed by atoms with Crippen molar-refractivity contribution >= 4 is 41.3 Å². The first-order valence-electron chi connectivity index (χ1n) is 11.3. The Labute approximate surface area is 208 Å². The number of allylic oxidation sites excluding steroid dienone is 1. The Hall–Kier alpha value is -2.77. The smallest absolute Gasteiger partial charge is 0.330 e. The first-order valence-corrected chi connectivity index (χ1v) is 12.5. The van der Waals surface area contributed by atoms with E-state index >= 15 is 0 Å². The molecule has 0 aromatic heterocycles. The van der Waals surface area contributed by atoms with Crippen molar-refractivity contribution in [1.29, 1.82) is 0 Å². The van der Waals surface area contributed by atoms with Gasteiger partial charge in [-0.1, -0.05) is 85.3 Å². The lowest BCUT2D eigenvalue weighted by atomic mass is 9.82.